The molecule has 0 aliphatic rings. The van der Waals surface area contributed by atoms with Crippen LogP contribution in [0.15, 0.2) is 24.3 Å². The van der Waals surface area contributed by atoms with Gasteiger partial charge in [-0.2, -0.15) is 0 Å². The van der Waals surface area contributed by atoms with E-state index in [0.717, 1.165) is 5.56 Å². The molecule has 0 unspecified atom stereocenters. The molecule has 98 valence electrons. The Morgan fingerprint density at radius 3 is 2.67 bits per heavy atom. The Hall–Kier alpha value is -2.04. The smallest absolute Gasteiger partial charge is 0.321 e. The molecule has 0 aromatic heterocycles. The van der Waals surface area contributed by atoms with E-state index < -0.39 is 0 Å². The average Bonchev–Trinajstić information content (AvgIpc) is 2.29. The van der Waals surface area contributed by atoms with Gasteiger partial charge in [-0.25, -0.2) is 4.79 Å². The third-order valence-corrected chi connectivity index (χ3v) is 2.24. The number of carbonyl (C=O) groups is 2. The van der Waals surface area contributed by atoms with E-state index >= 15 is 0 Å². The molecule has 0 aliphatic carbocycles. The van der Waals surface area contributed by atoms with Gasteiger partial charge in [-0.05, 0) is 24.6 Å². The minimum Gasteiger partial charge on any atom is -0.466 e. The number of anilines is 1. The van der Waals surface area contributed by atoms with Gasteiger partial charge in [0.15, 0.2) is 0 Å². The van der Waals surface area contributed by atoms with Crippen molar-refractivity contribution in [3.05, 3.63) is 29.8 Å². The van der Waals surface area contributed by atoms with Crippen molar-refractivity contribution in [1.29, 1.82) is 0 Å². The Labute approximate surface area is 107 Å². The molecule has 5 heteroatoms. The van der Waals surface area contributed by atoms with E-state index in [4.69, 9.17) is 4.74 Å². The predicted molar refractivity (Wildman–Crippen MR) is 69.5 cm³/mol. The Morgan fingerprint density at radius 1 is 1.33 bits per heavy atom. The number of ether oxygens (including phenoxy) is 1. The Bertz CT molecular complexity index is 430. The fourth-order valence-electron chi connectivity index (χ4n) is 1.37. The van der Waals surface area contributed by atoms with Crippen LogP contribution in [0, 0.1) is 0 Å². The molecule has 0 saturated carbocycles. The van der Waals surface area contributed by atoms with Crippen LogP contribution in [0.1, 0.15) is 12.5 Å². The lowest BCUT2D eigenvalue weighted by Crippen LogP contribution is -2.27. The summed E-state index contributed by atoms with van der Waals surface area (Å²) < 4.78 is 4.87. The number of hydrogen-bond donors (Lipinski definition) is 1. The molecule has 2 amide bonds. The van der Waals surface area contributed by atoms with Crippen molar-refractivity contribution in [2.75, 3.05) is 26.0 Å². The van der Waals surface area contributed by atoms with E-state index in [1.54, 1.807) is 39.2 Å². The van der Waals surface area contributed by atoms with Crippen LogP contribution in [-0.2, 0) is 16.0 Å². The normalized spacial score (nSPS) is 9.72. The topological polar surface area (TPSA) is 58.6 Å². The first-order chi connectivity index (χ1) is 8.52. The second-order valence-electron chi connectivity index (χ2n) is 4.01. The molecule has 0 heterocycles. The molecule has 18 heavy (non-hydrogen) atoms. The van der Waals surface area contributed by atoms with Crippen LogP contribution in [0.2, 0.25) is 0 Å². The van der Waals surface area contributed by atoms with Crippen molar-refractivity contribution in [1.82, 2.24) is 4.90 Å². The quantitative estimate of drug-likeness (QED) is 0.830. The van der Waals surface area contributed by atoms with E-state index in [0.29, 0.717) is 12.3 Å². The van der Waals surface area contributed by atoms with Crippen LogP contribution in [0.4, 0.5) is 10.5 Å². The largest absolute Gasteiger partial charge is 0.466 e. The minimum atomic E-state index is -0.270. The van der Waals surface area contributed by atoms with E-state index in [-0.39, 0.29) is 18.4 Å². The lowest BCUT2D eigenvalue weighted by molar-refractivity contribution is -0.142. The summed E-state index contributed by atoms with van der Waals surface area (Å²) >= 11 is 0. The molecule has 0 bridgehead atoms. The van der Waals surface area contributed by atoms with Gasteiger partial charge in [-0.3, -0.25) is 4.79 Å². The van der Waals surface area contributed by atoms with Crippen LogP contribution >= 0.6 is 0 Å². The Kier molecular flexibility index (Phi) is 5.17. The lowest BCUT2D eigenvalue weighted by atomic mass is 10.1. The maximum atomic E-state index is 11.5. The zero-order valence-electron chi connectivity index (χ0n) is 10.9. The highest BCUT2D eigenvalue weighted by Gasteiger charge is 2.07. The molecule has 5 nitrogen and oxygen atoms in total. The van der Waals surface area contributed by atoms with Gasteiger partial charge in [0, 0.05) is 19.8 Å². The first-order valence-electron chi connectivity index (χ1n) is 5.75. The van der Waals surface area contributed by atoms with Gasteiger partial charge in [0.05, 0.1) is 13.0 Å². The molecule has 0 aliphatic heterocycles. The third-order valence-electron chi connectivity index (χ3n) is 2.24. The number of rotatable bonds is 4. The second kappa shape index (κ2) is 6.64. The molecule has 1 N–H and O–H groups in total. The highest BCUT2D eigenvalue weighted by atomic mass is 16.5. The zero-order chi connectivity index (χ0) is 13.5. The molecular weight excluding hydrogens is 232 g/mol. The second-order valence-corrected chi connectivity index (χ2v) is 4.01. The first kappa shape index (κ1) is 14.0. The predicted octanol–water partition coefficient (Wildman–Crippen LogP) is 1.89. The van der Waals surface area contributed by atoms with Gasteiger partial charge >= 0.3 is 12.0 Å². The van der Waals surface area contributed by atoms with Crippen molar-refractivity contribution in [3.63, 3.8) is 0 Å². The summed E-state index contributed by atoms with van der Waals surface area (Å²) in [4.78, 5) is 24.3. The minimum absolute atomic E-state index is 0.205. The third kappa shape index (κ3) is 4.45. The van der Waals surface area contributed by atoms with Crippen molar-refractivity contribution < 1.29 is 14.3 Å². The fraction of sp³-hybridized carbons (Fsp3) is 0.385. The summed E-state index contributed by atoms with van der Waals surface area (Å²) in [5.74, 6) is -0.270. The number of esters is 1. The number of urea groups is 1. The summed E-state index contributed by atoms with van der Waals surface area (Å²) in [5, 5.41) is 2.72. The lowest BCUT2D eigenvalue weighted by Gasteiger charge is -2.12. The summed E-state index contributed by atoms with van der Waals surface area (Å²) in [7, 11) is 3.33. The molecule has 1 rings (SSSR count). The van der Waals surface area contributed by atoms with Crippen molar-refractivity contribution >= 4 is 17.7 Å². The molecule has 0 radical (unpaired) electrons. The van der Waals surface area contributed by atoms with Crippen molar-refractivity contribution in [3.8, 4) is 0 Å². The maximum absolute atomic E-state index is 11.5. The maximum Gasteiger partial charge on any atom is 0.321 e. The van der Waals surface area contributed by atoms with E-state index in [1.807, 2.05) is 6.07 Å². The van der Waals surface area contributed by atoms with Gasteiger partial charge < -0.3 is 15.0 Å². The summed E-state index contributed by atoms with van der Waals surface area (Å²) in [6.45, 7) is 2.14. The SMILES string of the molecule is CCOC(=O)Cc1cccc(NC(=O)N(C)C)c1. The number of nitrogens with zero attached hydrogens (tertiary/aromatic N) is 1. The molecule has 0 fully saturated rings. The molecule has 1 aromatic carbocycles. The average molecular weight is 250 g/mol. The van der Waals surface area contributed by atoms with Crippen LogP contribution in [0.5, 0.6) is 0 Å². The number of nitrogens with one attached hydrogen (secondary N) is 1. The molecule has 0 saturated heterocycles. The van der Waals surface area contributed by atoms with Gasteiger partial charge in [0.2, 0.25) is 0 Å². The van der Waals surface area contributed by atoms with Crippen LogP contribution in [-0.4, -0.2) is 37.6 Å². The summed E-state index contributed by atoms with van der Waals surface area (Å²) in [6.07, 6.45) is 0.208. The van der Waals surface area contributed by atoms with Gasteiger partial charge in [-0.15, -0.1) is 0 Å². The number of hydrogen-bond acceptors (Lipinski definition) is 3. The van der Waals surface area contributed by atoms with E-state index in [2.05, 4.69) is 5.32 Å². The molecule has 1 aromatic rings. The van der Waals surface area contributed by atoms with Gasteiger partial charge in [-0.1, -0.05) is 12.1 Å². The molecule has 0 spiro atoms. The Morgan fingerprint density at radius 2 is 2.06 bits per heavy atom. The van der Waals surface area contributed by atoms with Crippen molar-refractivity contribution in [2.24, 2.45) is 0 Å². The number of amides is 2. The highest BCUT2D eigenvalue weighted by Crippen LogP contribution is 2.12. The fourth-order valence-corrected chi connectivity index (χ4v) is 1.37. The standard InChI is InChI=1S/C13H18N2O3/c1-4-18-12(16)9-10-6-5-7-11(8-10)14-13(17)15(2)3/h5-8H,4,9H2,1-3H3,(H,14,17). The highest BCUT2D eigenvalue weighted by molar-refractivity contribution is 5.89. The van der Waals surface area contributed by atoms with Crippen LogP contribution < -0.4 is 5.32 Å². The molecule has 0 atom stereocenters. The zero-order valence-corrected chi connectivity index (χ0v) is 10.9. The van der Waals surface area contributed by atoms with Gasteiger partial charge in [0.1, 0.15) is 0 Å². The summed E-state index contributed by atoms with van der Waals surface area (Å²) in [6, 6.07) is 6.94. The van der Waals surface area contributed by atoms with E-state index in [9.17, 15) is 9.59 Å². The number of carbonyl (C=O) groups excluding carboxylic acids is 2. The summed E-state index contributed by atoms with van der Waals surface area (Å²) in [5.41, 5.74) is 1.47. The van der Waals surface area contributed by atoms with Gasteiger partial charge in [0.25, 0.3) is 0 Å². The van der Waals surface area contributed by atoms with E-state index in [1.165, 1.54) is 4.90 Å². The van der Waals surface area contributed by atoms with Crippen LogP contribution in [0.3, 0.4) is 0 Å². The first-order valence-corrected chi connectivity index (χ1v) is 5.75. The van der Waals surface area contributed by atoms with Crippen molar-refractivity contribution in [2.45, 2.75) is 13.3 Å². The molecular formula is C13H18N2O3. The monoisotopic (exact) mass is 250 g/mol. The number of benzene rings is 1. The van der Waals surface area contributed by atoms with Crippen LogP contribution in [0.25, 0.3) is 0 Å². The Balaban J connectivity index is 2.67.